The molecule has 0 radical (unpaired) electrons. The molecule has 1 N–H and O–H groups in total. The Kier molecular flexibility index (Phi) is 5.19. The van der Waals surface area contributed by atoms with Crippen LogP contribution in [-0.2, 0) is 6.54 Å². The number of anilines is 1. The van der Waals surface area contributed by atoms with Gasteiger partial charge in [0.05, 0.1) is 12.6 Å². The maximum atomic E-state index is 12.4. The molecular weight excluding hydrogens is 350 g/mol. The highest BCUT2D eigenvalue weighted by atomic mass is 35.5. The number of ether oxygens (including phenoxy) is 2. The first kappa shape index (κ1) is 17.2. The third-order valence-corrected chi connectivity index (χ3v) is 3.87. The highest BCUT2D eigenvalue weighted by molar-refractivity contribution is 6.31. The lowest BCUT2D eigenvalue weighted by Crippen LogP contribution is -2.05. The summed E-state index contributed by atoms with van der Waals surface area (Å²) in [7, 11) is 1.41. The van der Waals surface area contributed by atoms with E-state index in [-0.39, 0.29) is 11.5 Å². The van der Waals surface area contributed by atoms with E-state index in [1.54, 1.807) is 30.5 Å². The summed E-state index contributed by atoms with van der Waals surface area (Å²) in [6.45, 7) is -2.42. The molecule has 1 heterocycles. The number of nitrogens with one attached hydrogen (secondary N) is 1. The lowest BCUT2D eigenvalue weighted by atomic mass is 10.1. The molecule has 0 aliphatic carbocycles. The van der Waals surface area contributed by atoms with Crippen LogP contribution in [0, 0.1) is 0 Å². The fraction of sp³-hybridized carbons (Fsp3) is 0.167. The average molecular weight is 365 g/mol. The van der Waals surface area contributed by atoms with Gasteiger partial charge in [-0.25, -0.2) is 0 Å². The Morgan fingerprint density at radius 2 is 1.96 bits per heavy atom. The second-order valence-corrected chi connectivity index (χ2v) is 5.67. The normalized spacial score (nSPS) is 10.9. The first-order valence-corrected chi connectivity index (χ1v) is 7.84. The Morgan fingerprint density at radius 1 is 1.12 bits per heavy atom. The largest absolute Gasteiger partial charge is 0.493 e. The summed E-state index contributed by atoms with van der Waals surface area (Å²) in [5.74, 6) is 0.260. The van der Waals surface area contributed by atoms with E-state index in [0.29, 0.717) is 11.6 Å². The number of methoxy groups -OCH3 is 1. The van der Waals surface area contributed by atoms with Gasteiger partial charge >= 0.3 is 6.61 Å². The number of alkyl halides is 2. The number of aromatic nitrogens is 1. The molecular formula is C18H15ClF2N2O2. The van der Waals surface area contributed by atoms with Gasteiger partial charge in [-0.05, 0) is 42.0 Å². The summed E-state index contributed by atoms with van der Waals surface area (Å²) in [4.78, 5) is 4.29. The van der Waals surface area contributed by atoms with Gasteiger partial charge in [0.15, 0.2) is 11.5 Å². The van der Waals surface area contributed by atoms with Gasteiger partial charge in [0.1, 0.15) is 0 Å². The Morgan fingerprint density at radius 3 is 2.72 bits per heavy atom. The van der Waals surface area contributed by atoms with Gasteiger partial charge < -0.3 is 14.8 Å². The fourth-order valence-electron chi connectivity index (χ4n) is 2.49. The third kappa shape index (κ3) is 4.09. The highest BCUT2D eigenvalue weighted by Gasteiger charge is 2.11. The second kappa shape index (κ2) is 7.53. The Hall–Kier alpha value is -2.60. The van der Waals surface area contributed by atoms with E-state index < -0.39 is 6.61 Å². The van der Waals surface area contributed by atoms with Gasteiger partial charge in [-0.2, -0.15) is 8.78 Å². The van der Waals surface area contributed by atoms with Crippen LogP contribution in [0.15, 0.2) is 48.7 Å². The van der Waals surface area contributed by atoms with Crippen molar-refractivity contribution in [1.29, 1.82) is 0 Å². The van der Waals surface area contributed by atoms with E-state index in [1.165, 1.54) is 13.2 Å². The van der Waals surface area contributed by atoms with Crippen molar-refractivity contribution in [2.24, 2.45) is 0 Å². The van der Waals surface area contributed by atoms with Crippen LogP contribution in [0.1, 0.15) is 5.56 Å². The second-order valence-electron chi connectivity index (χ2n) is 5.24. The molecule has 25 heavy (non-hydrogen) atoms. The van der Waals surface area contributed by atoms with Crippen molar-refractivity contribution < 1.29 is 18.3 Å². The highest BCUT2D eigenvalue weighted by Crippen LogP contribution is 2.30. The van der Waals surface area contributed by atoms with Gasteiger partial charge in [0, 0.05) is 28.8 Å². The zero-order chi connectivity index (χ0) is 17.8. The molecule has 0 atom stereocenters. The van der Waals surface area contributed by atoms with Crippen molar-refractivity contribution in [2.45, 2.75) is 13.2 Å². The van der Waals surface area contributed by atoms with Crippen LogP contribution in [0.4, 0.5) is 14.5 Å². The van der Waals surface area contributed by atoms with Crippen molar-refractivity contribution in [1.82, 2.24) is 4.98 Å². The van der Waals surface area contributed by atoms with Crippen LogP contribution in [0.3, 0.4) is 0 Å². The third-order valence-electron chi connectivity index (χ3n) is 3.63. The monoisotopic (exact) mass is 364 g/mol. The number of hydrogen-bond acceptors (Lipinski definition) is 4. The lowest BCUT2D eigenvalue weighted by molar-refractivity contribution is -0.0512. The van der Waals surface area contributed by atoms with E-state index >= 15 is 0 Å². The molecule has 7 heteroatoms. The van der Waals surface area contributed by atoms with Crippen LogP contribution in [0.2, 0.25) is 5.02 Å². The Balaban J connectivity index is 1.80. The summed E-state index contributed by atoms with van der Waals surface area (Å²) in [5.41, 5.74) is 2.54. The van der Waals surface area contributed by atoms with Crippen molar-refractivity contribution in [3.63, 3.8) is 0 Å². The van der Waals surface area contributed by atoms with Crippen molar-refractivity contribution >= 4 is 28.2 Å². The molecule has 2 aromatic carbocycles. The van der Waals surface area contributed by atoms with Crippen LogP contribution in [-0.4, -0.2) is 18.7 Å². The smallest absolute Gasteiger partial charge is 0.387 e. The quantitative estimate of drug-likeness (QED) is 0.660. The minimum Gasteiger partial charge on any atom is -0.493 e. The number of hydrogen-bond donors (Lipinski definition) is 1. The maximum absolute atomic E-state index is 12.4. The van der Waals surface area contributed by atoms with E-state index in [2.05, 4.69) is 15.0 Å². The van der Waals surface area contributed by atoms with Crippen molar-refractivity contribution in [3.05, 3.63) is 59.2 Å². The van der Waals surface area contributed by atoms with Crippen LogP contribution in [0.5, 0.6) is 11.5 Å². The summed E-state index contributed by atoms with van der Waals surface area (Å²) in [6.07, 6.45) is 1.70. The molecule has 0 aliphatic rings. The number of halogens is 3. The van der Waals surface area contributed by atoms with Crippen molar-refractivity contribution in [2.75, 3.05) is 12.4 Å². The number of fused-ring (bicyclic) bond motifs is 1. The molecule has 3 rings (SSSR count). The van der Waals surface area contributed by atoms with Gasteiger partial charge in [-0.15, -0.1) is 0 Å². The fourth-order valence-corrected chi connectivity index (χ4v) is 2.65. The van der Waals surface area contributed by atoms with Gasteiger partial charge in [-0.1, -0.05) is 17.7 Å². The summed E-state index contributed by atoms with van der Waals surface area (Å²) >= 11 is 5.99. The molecule has 0 unspecified atom stereocenters. The zero-order valence-corrected chi connectivity index (χ0v) is 14.1. The number of pyridine rings is 1. The zero-order valence-electron chi connectivity index (χ0n) is 13.3. The SMILES string of the molecule is COc1cc(CNc2ccnc3cc(Cl)ccc23)ccc1OC(F)F. The van der Waals surface area contributed by atoms with Gasteiger partial charge in [0.25, 0.3) is 0 Å². The molecule has 0 saturated heterocycles. The van der Waals surface area contributed by atoms with Crippen LogP contribution >= 0.6 is 11.6 Å². The molecule has 4 nitrogen and oxygen atoms in total. The maximum Gasteiger partial charge on any atom is 0.387 e. The van der Waals surface area contributed by atoms with Crippen molar-refractivity contribution in [3.8, 4) is 11.5 Å². The first-order valence-electron chi connectivity index (χ1n) is 7.46. The van der Waals surface area contributed by atoms with Crippen LogP contribution < -0.4 is 14.8 Å². The standard InChI is InChI=1S/C18H15ClF2N2O2/c1-24-17-8-11(2-5-16(17)25-18(20)21)10-23-14-6-7-22-15-9-12(19)3-4-13(14)15/h2-9,18H,10H2,1H3,(H,22,23). The molecule has 130 valence electrons. The minimum atomic E-state index is -2.90. The lowest BCUT2D eigenvalue weighted by Gasteiger charge is -2.13. The molecule has 0 spiro atoms. The van der Waals surface area contributed by atoms with Crippen LogP contribution in [0.25, 0.3) is 10.9 Å². The van der Waals surface area contributed by atoms with E-state index in [4.69, 9.17) is 16.3 Å². The molecule has 0 bridgehead atoms. The first-order chi connectivity index (χ1) is 12.1. The summed E-state index contributed by atoms with van der Waals surface area (Å²) < 4.78 is 34.3. The predicted molar refractivity (Wildman–Crippen MR) is 93.7 cm³/mol. The molecule has 0 amide bonds. The topological polar surface area (TPSA) is 43.4 Å². The Bertz CT molecular complexity index is 890. The number of rotatable bonds is 6. The minimum absolute atomic E-state index is 0.00486. The predicted octanol–water partition coefficient (Wildman–Crippen LogP) is 5.11. The van der Waals surface area contributed by atoms with E-state index in [0.717, 1.165) is 22.2 Å². The van der Waals surface area contributed by atoms with Gasteiger partial charge in [0.2, 0.25) is 0 Å². The molecule has 0 fully saturated rings. The average Bonchev–Trinajstić information content (AvgIpc) is 2.60. The van der Waals surface area contributed by atoms with E-state index in [1.807, 2.05) is 12.1 Å². The molecule has 3 aromatic rings. The molecule has 0 saturated carbocycles. The molecule has 1 aromatic heterocycles. The number of nitrogens with zero attached hydrogens (tertiary/aromatic N) is 1. The number of benzene rings is 2. The summed E-state index contributed by atoms with van der Waals surface area (Å²) in [5, 5.41) is 4.87. The van der Waals surface area contributed by atoms with E-state index in [9.17, 15) is 8.78 Å². The summed E-state index contributed by atoms with van der Waals surface area (Å²) in [6, 6.07) is 12.2. The van der Waals surface area contributed by atoms with Gasteiger partial charge in [-0.3, -0.25) is 4.98 Å². The molecule has 0 aliphatic heterocycles. The Labute approximate surface area is 148 Å².